The van der Waals surface area contributed by atoms with Gasteiger partial charge in [0, 0.05) is 6.42 Å². The van der Waals surface area contributed by atoms with Crippen LogP contribution in [0.5, 0.6) is 0 Å². The second kappa shape index (κ2) is 7.67. The van der Waals surface area contributed by atoms with Crippen LogP contribution in [0.4, 0.5) is 13.2 Å². The lowest BCUT2D eigenvalue weighted by atomic mass is 9.65. The zero-order chi connectivity index (χ0) is 15.9. The van der Waals surface area contributed by atoms with Crippen LogP contribution in [0.1, 0.15) is 58.3 Å². The molecule has 0 N–H and O–H groups in total. The molecule has 0 saturated heterocycles. The van der Waals surface area contributed by atoms with Crippen molar-refractivity contribution < 1.29 is 18.0 Å². The Labute approximate surface area is 124 Å². The van der Waals surface area contributed by atoms with E-state index in [1.807, 2.05) is 6.92 Å². The van der Waals surface area contributed by atoms with Crippen molar-refractivity contribution in [3.8, 4) is 6.07 Å². The number of nitrogens with zero attached hydrogens (tertiary/aromatic N) is 2. The molecule has 21 heavy (non-hydrogen) atoms. The quantitative estimate of drug-likeness (QED) is 0.660. The molecule has 0 spiro atoms. The molecule has 6 heteroatoms. The van der Waals surface area contributed by atoms with Crippen LogP contribution in [0.25, 0.3) is 0 Å². The van der Waals surface area contributed by atoms with E-state index in [2.05, 4.69) is 11.2 Å². The summed E-state index contributed by atoms with van der Waals surface area (Å²) in [5.41, 5.74) is 0.344. The highest BCUT2D eigenvalue weighted by Crippen LogP contribution is 2.44. The molecule has 1 fully saturated rings. The fourth-order valence-electron chi connectivity index (χ4n) is 3.22. The summed E-state index contributed by atoms with van der Waals surface area (Å²) in [7, 11) is 1.50. The summed E-state index contributed by atoms with van der Waals surface area (Å²) in [6.07, 6.45) is -0.864. The third kappa shape index (κ3) is 5.22. The van der Waals surface area contributed by atoms with Gasteiger partial charge in [-0.3, -0.25) is 0 Å². The fraction of sp³-hybridized carbons (Fsp3) is 0.867. The average Bonchev–Trinajstić information content (AvgIpc) is 2.44. The molecular formula is C15H23F3N2O. The number of hydrogen-bond acceptors (Lipinski definition) is 3. The molecule has 0 bridgehead atoms. The Morgan fingerprint density at radius 3 is 2.33 bits per heavy atom. The number of hydrogen-bond donors (Lipinski definition) is 0. The predicted octanol–water partition coefficient (Wildman–Crippen LogP) is 4.83. The lowest BCUT2D eigenvalue weighted by Gasteiger charge is -2.37. The van der Waals surface area contributed by atoms with Gasteiger partial charge in [0.15, 0.2) is 0 Å². The van der Waals surface area contributed by atoms with E-state index in [9.17, 15) is 18.4 Å². The van der Waals surface area contributed by atoms with E-state index >= 15 is 0 Å². The second-order valence-corrected chi connectivity index (χ2v) is 5.70. The van der Waals surface area contributed by atoms with Crippen LogP contribution in [0.15, 0.2) is 5.16 Å². The Balaban J connectivity index is 2.64. The van der Waals surface area contributed by atoms with Gasteiger partial charge in [0.1, 0.15) is 7.11 Å². The highest BCUT2D eigenvalue weighted by atomic mass is 19.4. The molecule has 1 aliphatic rings. The van der Waals surface area contributed by atoms with Gasteiger partial charge in [-0.15, -0.1) is 0 Å². The highest BCUT2D eigenvalue weighted by molar-refractivity contribution is 5.84. The number of rotatable bonds is 6. The minimum absolute atomic E-state index is 0.0282. The van der Waals surface area contributed by atoms with Crippen molar-refractivity contribution in [3.05, 3.63) is 0 Å². The van der Waals surface area contributed by atoms with Gasteiger partial charge in [-0.05, 0) is 50.9 Å². The summed E-state index contributed by atoms with van der Waals surface area (Å²) in [6.45, 7) is 1.90. The Hall–Kier alpha value is -1.25. The third-order valence-electron chi connectivity index (χ3n) is 4.50. The van der Waals surface area contributed by atoms with E-state index in [0.29, 0.717) is 12.8 Å². The maximum absolute atomic E-state index is 12.3. The molecule has 1 atom stereocenters. The van der Waals surface area contributed by atoms with Crippen molar-refractivity contribution in [2.24, 2.45) is 16.5 Å². The number of halogens is 3. The molecule has 0 aliphatic heterocycles. The van der Waals surface area contributed by atoms with Crippen LogP contribution in [0.2, 0.25) is 0 Å². The third-order valence-corrected chi connectivity index (χ3v) is 4.50. The molecule has 0 aromatic heterocycles. The van der Waals surface area contributed by atoms with Gasteiger partial charge in [0.25, 0.3) is 0 Å². The predicted molar refractivity (Wildman–Crippen MR) is 74.6 cm³/mol. The van der Waals surface area contributed by atoms with Gasteiger partial charge in [0.2, 0.25) is 0 Å². The van der Waals surface area contributed by atoms with E-state index < -0.39 is 18.0 Å². The van der Waals surface area contributed by atoms with Gasteiger partial charge < -0.3 is 4.84 Å². The van der Waals surface area contributed by atoms with Crippen LogP contribution in [0.3, 0.4) is 0 Å². The molecular weight excluding hydrogens is 281 g/mol. The summed E-state index contributed by atoms with van der Waals surface area (Å²) in [6, 6.07) is 2.33. The van der Waals surface area contributed by atoms with Crippen molar-refractivity contribution >= 4 is 5.71 Å². The lowest BCUT2D eigenvalue weighted by molar-refractivity contribution is -0.136. The van der Waals surface area contributed by atoms with Crippen molar-refractivity contribution in [2.75, 3.05) is 7.11 Å². The lowest BCUT2D eigenvalue weighted by Crippen LogP contribution is -2.32. The summed E-state index contributed by atoms with van der Waals surface area (Å²) >= 11 is 0. The summed E-state index contributed by atoms with van der Waals surface area (Å²) in [5.74, 6) is 0.150. The molecule has 0 amide bonds. The molecule has 120 valence electrons. The minimum Gasteiger partial charge on any atom is -0.399 e. The molecule has 0 radical (unpaired) electrons. The monoisotopic (exact) mass is 304 g/mol. The Morgan fingerprint density at radius 2 is 1.90 bits per heavy atom. The first kappa shape index (κ1) is 17.8. The standard InChI is InChI=1S/C15H23F3N2O/c1-3-14(11-19,9-4-10-15(16,17)18)12-5-7-13(8-6-12)20-21-2/h12H,3-10H2,1-2H3. The van der Waals surface area contributed by atoms with Gasteiger partial charge >= 0.3 is 6.18 Å². The minimum atomic E-state index is -4.14. The SMILES string of the molecule is CCC(C#N)(CCCC(F)(F)F)C1CCC(=NOC)CC1. The van der Waals surface area contributed by atoms with E-state index in [4.69, 9.17) is 4.84 Å². The summed E-state index contributed by atoms with van der Waals surface area (Å²) in [4.78, 5) is 4.76. The molecule has 1 rings (SSSR count). The second-order valence-electron chi connectivity index (χ2n) is 5.70. The average molecular weight is 304 g/mol. The first-order valence-corrected chi connectivity index (χ1v) is 7.44. The molecule has 1 unspecified atom stereocenters. The topological polar surface area (TPSA) is 45.4 Å². The zero-order valence-corrected chi connectivity index (χ0v) is 12.7. The molecule has 0 heterocycles. The molecule has 0 aromatic rings. The number of nitriles is 1. The molecule has 0 aromatic carbocycles. The molecule has 1 aliphatic carbocycles. The first-order valence-electron chi connectivity index (χ1n) is 7.44. The fourth-order valence-corrected chi connectivity index (χ4v) is 3.22. The smallest absolute Gasteiger partial charge is 0.389 e. The van der Waals surface area contributed by atoms with Crippen LogP contribution in [0, 0.1) is 22.7 Å². The van der Waals surface area contributed by atoms with Gasteiger partial charge in [0.05, 0.1) is 17.2 Å². The Bertz CT molecular complexity index is 391. The van der Waals surface area contributed by atoms with Gasteiger partial charge in [-0.25, -0.2) is 0 Å². The Kier molecular flexibility index (Phi) is 6.50. The van der Waals surface area contributed by atoms with Crippen molar-refractivity contribution in [1.29, 1.82) is 5.26 Å². The molecule has 3 nitrogen and oxygen atoms in total. The van der Waals surface area contributed by atoms with Crippen LogP contribution >= 0.6 is 0 Å². The van der Waals surface area contributed by atoms with E-state index in [-0.39, 0.29) is 12.3 Å². The summed E-state index contributed by atoms with van der Waals surface area (Å²) < 4.78 is 36.9. The van der Waals surface area contributed by atoms with E-state index in [0.717, 1.165) is 31.4 Å². The number of alkyl halides is 3. The van der Waals surface area contributed by atoms with Crippen molar-refractivity contribution in [3.63, 3.8) is 0 Å². The zero-order valence-electron chi connectivity index (χ0n) is 12.7. The largest absolute Gasteiger partial charge is 0.399 e. The van der Waals surface area contributed by atoms with Crippen LogP contribution in [-0.2, 0) is 4.84 Å². The highest BCUT2D eigenvalue weighted by Gasteiger charge is 2.39. The van der Waals surface area contributed by atoms with Crippen molar-refractivity contribution in [1.82, 2.24) is 0 Å². The molecule has 1 saturated carbocycles. The normalized spacial score (nSPS) is 22.3. The van der Waals surface area contributed by atoms with Crippen LogP contribution in [-0.4, -0.2) is 19.0 Å². The summed E-state index contributed by atoms with van der Waals surface area (Å²) in [5, 5.41) is 13.5. The van der Waals surface area contributed by atoms with E-state index in [1.54, 1.807) is 0 Å². The maximum Gasteiger partial charge on any atom is 0.389 e. The van der Waals surface area contributed by atoms with Crippen LogP contribution < -0.4 is 0 Å². The van der Waals surface area contributed by atoms with Crippen molar-refractivity contribution in [2.45, 2.75) is 64.5 Å². The first-order chi connectivity index (χ1) is 9.87. The maximum atomic E-state index is 12.3. The number of oxime groups is 1. The Morgan fingerprint density at radius 1 is 1.29 bits per heavy atom. The van der Waals surface area contributed by atoms with E-state index in [1.165, 1.54) is 7.11 Å². The van der Waals surface area contributed by atoms with Gasteiger partial charge in [-0.2, -0.15) is 18.4 Å². The van der Waals surface area contributed by atoms with Gasteiger partial charge in [-0.1, -0.05) is 12.1 Å².